The summed E-state index contributed by atoms with van der Waals surface area (Å²) < 4.78 is 4.40. The third kappa shape index (κ3) is 4.38. The molecule has 0 unspecified atom stereocenters. The molecule has 0 amide bonds. The van der Waals surface area contributed by atoms with Crippen molar-refractivity contribution in [3.63, 3.8) is 0 Å². The van der Waals surface area contributed by atoms with E-state index in [0.29, 0.717) is 16.7 Å². The fraction of sp³-hybridized carbons (Fsp3) is 0. The zero-order valence-corrected chi connectivity index (χ0v) is 26.7. The lowest BCUT2D eigenvalue weighted by atomic mass is 9.96. The summed E-state index contributed by atoms with van der Waals surface area (Å²) >= 11 is 0. The Morgan fingerprint density at radius 2 is 1.02 bits per heavy atom. The number of rotatable bonds is 4. The van der Waals surface area contributed by atoms with Crippen molar-refractivity contribution in [3.8, 4) is 51.8 Å². The van der Waals surface area contributed by atoms with Crippen LogP contribution >= 0.6 is 0 Å². The SMILES string of the molecule is N#Cc1ccc(-n2c3ccccc3c3cccc(C#N)c32)c(-c2cccc(-c3ccc(-n4c5ccccc5c5cc(C#N)ccc54)cc3)c2)c1. The molecule has 5 heteroatoms. The standard InChI is InChI=1S/C45H25N5/c46-26-29-15-21-43(50-42-14-4-1-10-36(42)38-12-6-9-34(28-48)45(38)50)39(23-29)33-8-5-7-32(25-33)31-17-19-35(20-18-31)49-41-13-3-2-11-37(41)40-24-30(27-47)16-22-44(40)49/h1-25H. The lowest BCUT2D eigenvalue weighted by Gasteiger charge is -2.16. The van der Waals surface area contributed by atoms with Crippen LogP contribution in [0.2, 0.25) is 0 Å². The first-order chi connectivity index (χ1) is 24.7. The molecule has 0 aliphatic rings. The van der Waals surface area contributed by atoms with Gasteiger partial charge in [-0.25, -0.2) is 0 Å². The number of nitriles is 3. The van der Waals surface area contributed by atoms with Crippen LogP contribution < -0.4 is 0 Å². The molecule has 9 rings (SSSR count). The Bertz CT molecular complexity index is 2960. The molecule has 0 saturated carbocycles. The molecule has 50 heavy (non-hydrogen) atoms. The predicted octanol–water partition coefficient (Wildman–Crippen LogP) is 10.8. The summed E-state index contributed by atoms with van der Waals surface area (Å²) in [4.78, 5) is 0. The first-order valence-electron chi connectivity index (χ1n) is 16.3. The van der Waals surface area contributed by atoms with Crippen molar-refractivity contribution in [1.82, 2.24) is 9.13 Å². The molecule has 0 fully saturated rings. The quantitative estimate of drug-likeness (QED) is 0.193. The number of nitrogens with zero attached hydrogens (tertiary/aromatic N) is 5. The second-order valence-corrected chi connectivity index (χ2v) is 12.3. The van der Waals surface area contributed by atoms with E-state index in [0.717, 1.165) is 77.2 Å². The summed E-state index contributed by atoms with van der Waals surface area (Å²) in [6, 6.07) is 57.9. The molecule has 5 nitrogen and oxygen atoms in total. The summed E-state index contributed by atoms with van der Waals surface area (Å²) in [5.41, 5.74) is 11.7. The van der Waals surface area contributed by atoms with Crippen LogP contribution in [0.5, 0.6) is 0 Å². The molecule has 2 heterocycles. The van der Waals surface area contributed by atoms with Crippen LogP contribution in [0.1, 0.15) is 16.7 Å². The minimum absolute atomic E-state index is 0.563. The van der Waals surface area contributed by atoms with Crippen LogP contribution in [-0.4, -0.2) is 9.13 Å². The van der Waals surface area contributed by atoms with E-state index in [4.69, 9.17) is 0 Å². The van der Waals surface area contributed by atoms with Gasteiger partial charge in [-0.3, -0.25) is 0 Å². The maximum Gasteiger partial charge on any atom is 0.101 e. The average molecular weight is 636 g/mol. The number of fused-ring (bicyclic) bond motifs is 6. The molecule has 0 aliphatic heterocycles. The highest BCUT2D eigenvalue weighted by atomic mass is 15.0. The van der Waals surface area contributed by atoms with Gasteiger partial charge in [-0.15, -0.1) is 0 Å². The van der Waals surface area contributed by atoms with Crippen molar-refractivity contribution in [2.75, 3.05) is 0 Å². The Kier molecular flexibility index (Phi) is 6.56. The normalized spacial score (nSPS) is 11.1. The summed E-state index contributed by atoms with van der Waals surface area (Å²) in [7, 11) is 0. The van der Waals surface area contributed by atoms with Gasteiger partial charge in [0.2, 0.25) is 0 Å². The van der Waals surface area contributed by atoms with Crippen molar-refractivity contribution >= 4 is 43.6 Å². The van der Waals surface area contributed by atoms with E-state index in [1.807, 2.05) is 78.9 Å². The molecule has 0 aliphatic carbocycles. The lowest BCUT2D eigenvalue weighted by molar-refractivity contribution is 1.17. The van der Waals surface area contributed by atoms with Gasteiger partial charge in [0.1, 0.15) is 6.07 Å². The number of para-hydroxylation sites is 3. The van der Waals surface area contributed by atoms with Crippen LogP contribution in [0.15, 0.2) is 152 Å². The Labute approximate surface area is 287 Å². The number of hydrogen-bond donors (Lipinski definition) is 0. The average Bonchev–Trinajstić information content (AvgIpc) is 3.70. The Balaban J connectivity index is 1.18. The Morgan fingerprint density at radius 3 is 1.78 bits per heavy atom. The monoisotopic (exact) mass is 635 g/mol. The van der Waals surface area contributed by atoms with Crippen molar-refractivity contribution < 1.29 is 0 Å². The third-order valence-corrected chi connectivity index (χ3v) is 9.62. The predicted molar refractivity (Wildman–Crippen MR) is 200 cm³/mol. The molecule has 7 aromatic carbocycles. The largest absolute Gasteiger partial charge is 0.309 e. The minimum Gasteiger partial charge on any atom is -0.309 e. The topological polar surface area (TPSA) is 81.2 Å². The maximum absolute atomic E-state index is 10.1. The first-order valence-corrected chi connectivity index (χ1v) is 16.3. The summed E-state index contributed by atoms with van der Waals surface area (Å²) in [6.45, 7) is 0. The summed E-state index contributed by atoms with van der Waals surface area (Å²) in [5.74, 6) is 0. The zero-order chi connectivity index (χ0) is 33.8. The molecule has 0 N–H and O–H groups in total. The third-order valence-electron chi connectivity index (χ3n) is 9.62. The Hall–Kier alpha value is -7.39. The van der Waals surface area contributed by atoms with Gasteiger partial charge in [-0.2, -0.15) is 15.8 Å². The Morgan fingerprint density at radius 1 is 0.400 bits per heavy atom. The molecule has 2 aromatic heterocycles. The molecule has 0 spiro atoms. The van der Waals surface area contributed by atoms with Crippen LogP contribution in [0.3, 0.4) is 0 Å². The van der Waals surface area contributed by atoms with E-state index < -0.39 is 0 Å². The van der Waals surface area contributed by atoms with Gasteiger partial charge in [0.15, 0.2) is 0 Å². The van der Waals surface area contributed by atoms with Gasteiger partial charge in [0.25, 0.3) is 0 Å². The van der Waals surface area contributed by atoms with Crippen LogP contribution in [0, 0.1) is 34.0 Å². The number of aromatic nitrogens is 2. The van der Waals surface area contributed by atoms with Crippen LogP contribution in [-0.2, 0) is 0 Å². The molecule has 230 valence electrons. The van der Waals surface area contributed by atoms with Gasteiger partial charge in [0.05, 0.1) is 56.6 Å². The smallest absolute Gasteiger partial charge is 0.101 e. The minimum atomic E-state index is 0.563. The molecule has 0 bridgehead atoms. The molecule has 0 atom stereocenters. The van der Waals surface area contributed by atoms with Gasteiger partial charge in [-0.05, 0) is 89.5 Å². The number of hydrogen-bond acceptors (Lipinski definition) is 3. The zero-order valence-electron chi connectivity index (χ0n) is 26.7. The second-order valence-electron chi connectivity index (χ2n) is 12.3. The molecule has 0 saturated heterocycles. The van der Waals surface area contributed by atoms with Crippen molar-refractivity contribution in [1.29, 1.82) is 15.8 Å². The molecular weight excluding hydrogens is 611 g/mol. The van der Waals surface area contributed by atoms with Crippen molar-refractivity contribution in [2.45, 2.75) is 0 Å². The highest BCUT2D eigenvalue weighted by Gasteiger charge is 2.19. The number of benzene rings is 7. The van der Waals surface area contributed by atoms with Crippen molar-refractivity contribution in [3.05, 3.63) is 168 Å². The fourth-order valence-electron chi connectivity index (χ4n) is 7.38. The van der Waals surface area contributed by atoms with E-state index in [1.165, 1.54) is 0 Å². The van der Waals surface area contributed by atoms with Crippen LogP contribution in [0.4, 0.5) is 0 Å². The summed E-state index contributed by atoms with van der Waals surface area (Å²) in [5, 5.41) is 33.9. The maximum atomic E-state index is 10.1. The van der Waals surface area contributed by atoms with Gasteiger partial charge >= 0.3 is 0 Å². The van der Waals surface area contributed by atoms with E-state index in [9.17, 15) is 15.8 Å². The van der Waals surface area contributed by atoms with Gasteiger partial charge in [0, 0.05) is 32.8 Å². The highest BCUT2D eigenvalue weighted by molar-refractivity contribution is 6.12. The second kappa shape index (κ2) is 11.4. The molecule has 9 aromatic rings. The molecule has 0 radical (unpaired) electrons. The van der Waals surface area contributed by atoms with Crippen LogP contribution in [0.25, 0.3) is 77.2 Å². The van der Waals surface area contributed by atoms with Crippen molar-refractivity contribution in [2.24, 2.45) is 0 Å². The van der Waals surface area contributed by atoms with E-state index >= 15 is 0 Å². The van der Waals surface area contributed by atoms with E-state index in [-0.39, 0.29) is 0 Å². The first kappa shape index (κ1) is 28.8. The van der Waals surface area contributed by atoms with E-state index in [1.54, 1.807) is 0 Å². The highest BCUT2D eigenvalue weighted by Crippen LogP contribution is 2.39. The fourth-order valence-corrected chi connectivity index (χ4v) is 7.38. The van der Waals surface area contributed by atoms with Gasteiger partial charge in [-0.1, -0.05) is 78.9 Å². The molecular formula is C45H25N5. The lowest BCUT2D eigenvalue weighted by Crippen LogP contribution is -1.99. The van der Waals surface area contributed by atoms with Gasteiger partial charge < -0.3 is 9.13 Å². The van der Waals surface area contributed by atoms with E-state index in [2.05, 4.69) is 100 Å². The summed E-state index contributed by atoms with van der Waals surface area (Å²) in [6.07, 6.45) is 0.